The van der Waals surface area contributed by atoms with E-state index in [4.69, 9.17) is 32.7 Å². The summed E-state index contributed by atoms with van der Waals surface area (Å²) in [5.74, 6) is -1.16. The second-order valence-electron chi connectivity index (χ2n) is 6.16. The van der Waals surface area contributed by atoms with Gasteiger partial charge in [-0.3, -0.25) is 9.59 Å². The number of hydrogen-bond donors (Lipinski definition) is 2. The zero-order valence-electron chi connectivity index (χ0n) is 16.0. The molecule has 7 nitrogen and oxygen atoms in total. The van der Waals surface area contributed by atoms with Crippen molar-refractivity contribution in [2.24, 2.45) is 0 Å². The van der Waals surface area contributed by atoms with Gasteiger partial charge in [0.15, 0.2) is 12.2 Å². The second kappa shape index (κ2) is 10.1. The van der Waals surface area contributed by atoms with E-state index in [0.29, 0.717) is 16.4 Å². The number of nitrogens with one attached hydrogen (secondary N) is 2. The molecule has 0 heterocycles. The lowest BCUT2D eigenvalue weighted by atomic mass is 10.2. The van der Waals surface area contributed by atoms with Crippen molar-refractivity contribution in [2.75, 3.05) is 10.6 Å². The van der Waals surface area contributed by atoms with Crippen LogP contribution in [0.25, 0.3) is 0 Å². The Morgan fingerprint density at radius 1 is 0.897 bits per heavy atom. The fraction of sp³-hybridized carbons (Fsp3) is 0.250. The smallest absolute Gasteiger partial charge is 0.347 e. The lowest BCUT2D eigenvalue weighted by Gasteiger charge is -2.18. The average molecular weight is 439 g/mol. The minimum absolute atomic E-state index is 0.196. The van der Waals surface area contributed by atoms with Crippen LogP contribution in [0.15, 0.2) is 42.5 Å². The fourth-order valence-electron chi connectivity index (χ4n) is 2.22. The SMILES string of the molecule is CC(=O)Nc1ccc(NC(=O)C(C)OC(=O)C(C)Oc2ccc(Cl)cc2Cl)cc1. The lowest BCUT2D eigenvalue weighted by Crippen LogP contribution is -2.35. The number of ether oxygens (including phenoxy) is 2. The maximum atomic E-state index is 12.2. The Hall–Kier alpha value is -2.77. The topological polar surface area (TPSA) is 93.7 Å². The predicted octanol–water partition coefficient (Wildman–Crippen LogP) is 4.29. The third kappa shape index (κ3) is 6.96. The largest absolute Gasteiger partial charge is 0.477 e. The number of esters is 1. The fourth-order valence-corrected chi connectivity index (χ4v) is 2.67. The molecule has 0 radical (unpaired) electrons. The Morgan fingerprint density at radius 3 is 2.03 bits per heavy atom. The minimum Gasteiger partial charge on any atom is -0.477 e. The number of carbonyl (C=O) groups excluding carboxylic acids is 3. The Kier molecular flexibility index (Phi) is 7.87. The van der Waals surface area contributed by atoms with Gasteiger partial charge in [-0.2, -0.15) is 0 Å². The lowest BCUT2D eigenvalue weighted by molar-refractivity contribution is -0.159. The van der Waals surface area contributed by atoms with Crippen LogP contribution in [0.2, 0.25) is 10.0 Å². The van der Waals surface area contributed by atoms with Crippen molar-refractivity contribution in [2.45, 2.75) is 33.0 Å². The average Bonchev–Trinajstić information content (AvgIpc) is 2.65. The van der Waals surface area contributed by atoms with Gasteiger partial charge in [0, 0.05) is 23.3 Å². The summed E-state index contributed by atoms with van der Waals surface area (Å²) in [6.45, 7) is 4.33. The summed E-state index contributed by atoms with van der Waals surface area (Å²) >= 11 is 11.8. The van der Waals surface area contributed by atoms with E-state index in [1.165, 1.54) is 32.9 Å². The number of carbonyl (C=O) groups is 3. The molecule has 0 saturated heterocycles. The Morgan fingerprint density at radius 2 is 1.48 bits per heavy atom. The van der Waals surface area contributed by atoms with Gasteiger partial charge in [-0.1, -0.05) is 23.2 Å². The Labute approximate surface area is 178 Å². The molecule has 2 aromatic carbocycles. The molecule has 2 amide bonds. The highest BCUT2D eigenvalue weighted by atomic mass is 35.5. The molecule has 2 aromatic rings. The first-order valence-electron chi connectivity index (χ1n) is 8.66. The molecule has 0 fully saturated rings. The number of hydrogen-bond acceptors (Lipinski definition) is 5. The molecule has 9 heteroatoms. The third-order valence-electron chi connectivity index (χ3n) is 3.66. The van der Waals surface area contributed by atoms with Crippen molar-refractivity contribution < 1.29 is 23.9 Å². The molecule has 0 aromatic heterocycles. The number of anilines is 2. The molecule has 29 heavy (non-hydrogen) atoms. The number of benzene rings is 2. The molecule has 0 aliphatic rings. The highest BCUT2D eigenvalue weighted by molar-refractivity contribution is 6.35. The predicted molar refractivity (Wildman–Crippen MR) is 111 cm³/mol. The highest BCUT2D eigenvalue weighted by Gasteiger charge is 2.24. The van der Waals surface area contributed by atoms with Gasteiger partial charge >= 0.3 is 5.97 Å². The Balaban J connectivity index is 1.89. The maximum Gasteiger partial charge on any atom is 0.347 e. The summed E-state index contributed by atoms with van der Waals surface area (Å²) in [7, 11) is 0. The monoisotopic (exact) mass is 438 g/mol. The minimum atomic E-state index is -1.05. The molecule has 0 saturated carbocycles. The molecule has 2 unspecified atom stereocenters. The Bertz CT molecular complexity index is 902. The molecule has 0 bridgehead atoms. The van der Waals surface area contributed by atoms with Crippen molar-refractivity contribution in [1.82, 2.24) is 0 Å². The number of rotatable bonds is 7. The number of halogens is 2. The van der Waals surface area contributed by atoms with E-state index in [0.717, 1.165) is 0 Å². The van der Waals surface area contributed by atoms with Crippen molar-refractivity contribution in [3.05, 3.63) is 52.5 Å². The van der Waals surface area contributed by atoms with E-state index in [2.05, 4.69) is 10.6 Å². The molecule has 0 aliphatic heterocycles. The first-order chi connectivity index (χ1) is 13.7. The van der Waals surface area contributed by atoms with Crippen LogP contribution in [0.1, 0.15) is 20.8 Å². The molecule has 0 aliphatic carbocycles. The maximum absolute atomic E-state index is 12.2. The van der Waals surface area contributed by atoms with Crippen molar-refractivity contribution in [1.29, 1.82) is 0 Å². The normalized spacial score (nSPS) is 12.4. The van der Waals surface area contributed by atoms with Crippen LogP contribution in [0.3, 0.4) is 0 Å². The summed E-state index contributed by atoms with van der Waals surface area (Å²) in [6.07, 6.45) is -2.04. The van der Waals surface area contributed by atoms with Gasteiger partial charge < -0.3 is 20.1 Å². The standard InChI is InChI=1S/C20H20Cl2N2O5/c1-11(19(26)24-16-7-5-15(6-8-16)23-13(3)25)29-20(27)12(2)28-18-9-4-14(21)10-17(18)22/h4-12H,1-3H3,(H,23,25)(H,24,26). The van der Waals surface area contributed by atoms with Gasteiger partial charge in [0.1, 0.15) is 5.75 Å². The van der Waals surface area contributed by atoms with Gasteiger partial charge in [-0.15, -0.1) is 0 Å². The van der Waals surface area contributed by atoms with E-state index in [9.17, 15) is 14.4 Å². The summed E-state index contributed by atoms with van der Waals surface area (Å²) in [6, 6.07) is 11.1. The van der Waals surface area contributed by atoms with Crippen LogP contribution in [0, 0.1) is 0 Å². The molecule has 2 atom stereocenters. The zero-order chi connectivity index (χ0) is 21.6. The van der Waals surface area contributed by atoms with Gasteiger partial charge in [0.2, 0.25) is 5.91 Å². The van der Waals surface area contributed by atoms with Crippen molar-refractivity contribution >= 4 is 52.4 Å². The van der Waals surface area contributed by atoms with Crippen LogP contribution in [0.5, 0.6) is 5.75 Å². The third-order valence-corrected chi connectivity index (χ3v) is 4.20. The summed E-state index contributed by atoms with van der Waals surface area (Å²) < 4.78 is 10.6. The van der Waals surface area contributed by atoms with Gasteiger partial charge in [0.25, 0.3) is 5.91 Å². The summed E-state index contributed by atoms with van der Waals surface area (Å²) in [4.78, 5) is 35.5. The van der Waals surface area contributed by atoms with Crippen LogP contribution in [0.4, 0.5) is 11.4 Å². The molecule has 154 valence electrons. The summed E-state index contributed by atoms with van der Waals surface area (Å²) in [5, 5.41) is 5.94. The molecular formula is C20H20Cl2N2O5. The molecule has 0 spiro atoms. The van der Waals surface area contributed by atoms with E-state index in [-0.39, 0.29) is 16.7 Å². The van der Waals surface area contributed by atoms with Crippen molar-refractivity contribution in [3.63, 3.8) is 0 Å². The van der Waals surface area contributed by atoms with Gasteiger partial charge in [0.05, 0.1) is 5.02 Å². The number of amides is 2. The van der Waals surface area contributed by atoms with Crippen LogP contribution in [-0.2, 0) is 19.1 Å². The molecular weight excluding hydrogens is 419 g/mol. The molecule has 2 rings (SSSR count). The first-order valence-corrected chi connectivity index (χ1v) is 9.42. The zero-order valence-corrected chi connectivity index (χ0v) is 17.5. The highest BCUT2D eigenvalue weighted by Crippen LogP contribution is 2.28. The molecule has 2 N–H and O–H groups in total. The van der Waals surface area contributed by atoms with E-state index >= 15 is 0 Å². The quantitative estimate of drug-likeness (QED) is 0.628. The summed E-state index contributed by atoms with van der Waals surface area (Å²) in [5.41, 5.74) is 1.09. The van der Waals surface area contributed by atoms with E-state index in [1.807, 2.05) is 0 Å². The van der Waals surface area contributed by atoms with Crippen LogP contribution in [-0.4, -0.2) is 30.0 Å². The first kappa shape index (κ1) is 22.5. The second-order valence-corrected chi connectivity index (χ2v) is 7.01. The van der Waals surface area contributed by atoms with Crippen molar-refractivity contribution in [3.8, 4) is 5.75 Å². The van der Waals surface area contributed by atoms with Gasteiger partial charge in [-0.05, 0) is 56.3 Å². The van der Waals surface area contributed by atoms with E-state index in [1.54, 1.807) is 30.3 Å². The van der Waals surface area contributed by atoms with Gasteiger partial charge in [-0.25, -0.2) is 4.79 Å². The van der Waals surface area contributed by atoms with Crippen LogP contribution < -0.4 is 15.4 Å². The van der Waals surface area contributed by atoms with Crippen LogP contribution >= 0.6 is 23.2 Å². The van der Waals surface area contributed by atoms with E-state index < -0.39 is 24.1 Å².